The van der Waals surface area contributed by atoms with Crippen LogP contribution in [0.25, 0.3) is 0 Å². The predicted molar refractivity (Wildman–Crippen MR) is 117 cm³/mol. The average molecular weight is 426 g/mol. The molecule has 28 heavy (non-hydrogen) atoms. The zero-order valence-corrected chi connectivity index (χ0v) is 17.8. The number of hydrogen-bond acceptors (Lipinski definition) is 4. The van der Waals surface area contributed by atoms with Gasteiger partial charge in [0.1, 0.15) is 0 Å². The van der Waals surface area contributed by atoms with Crippen LogP contribution in [0.15, 0.2) is 41.0 Å². The van der Waals surface area contributed by atoms with Gasteiger partial charge in [-0.3, -0.25) is 4.79 Å². The quantitative estimate of drug-likeness (QED) is 0.738. The summed E-state index contributed by atoms with van der Waals surface area (Å²) >= 11 is 0. The number of carbonyl (C=O) groups is 1. The molecule has 5 nitrogen and oxygen atoms in total. The van der Waals surface area contributed by atoms with Crippen LogP contribution in [0.3, 0.4) is 0 Å². The first-order valence-electron chi connectivity index (χ1n) is 9.62. The Hall–Kier alpha value is -1.69. The molecule has 1 aromatic heterocycles. The summed E-state index contributed by atoms with van der Waals surface area (Å²) in [4.78, 5) is 14.9. The van der Waals surface area contributed by atoms with E-state index in [1.165, 1.54) is 17.7 Å². The second-order valence-electron chi connectivity index (χ2n) is 7.49. The van der Waals surface area contributed by atoms with Gasteiger partial charge >= 0.3 is 0 Å². The van der Waals surface area contributed by atoms with E-state index in [9.17, 15) is 4.79 Å². The molecule has 154 valence electrons. The number of carbonyl (C=O) groups excluding carboxylic acids is 1. The largest absolute Gasteiger partial charge is 0.459 e. The Morgan fingerprint density at radius 2 is 2.11 bits per heavy atom. The summed E-state index contributed by atoms with van der Waals surface area (Å²) in [6, 6.07) is 10.9. The van der Waals surface area contributed by atoms with Crippen LogP contribution in [-0.4, -0.2) is 31.6 Å². The van der Waals surface area contributed by atoms with Crippen molar-refractivity contribution in [1.29, 1.82) is 0 Å². The first kappa shape index (κ1) is 22.6. The van der Waals surface area contributed by atoms with Gasteiger partial charge in [-0.25, -0.2) is 0 Å². The molecule has 0 bridgehead atoms. The summed E-state index contributed by atoms with van der Waals surface area (Å²) in [6.07, 6.45) is 4.89. The Bertz CT molecular complexity index is 775. The molecule has 0 spiro atoms. The lowest BCUT2D eigenvalue weighted by atomic mass is 10.1. The monoisotopic (exact) mass is 425 g/mol. The highest BCUT2D eigenvalue weighted by Gasteiger charge is 2.27. The lowest BCUT2D eigenvalue weighted by Gasteiger charge is -2.24. The standard InChI is InChI=1S/C21H27N3O2.2ClH/c1-15-12-17-4-2-3-5-19(17)24(15)14-18-8-11-26-20(18)21(25)23-10-7-16-6-9-22-13-16;;/h2-5,8,11,15-16,22H,6-7,9-10,12-14H2,1H3,(H,23,25);2*1H. The molecular formula is C21H29Cl2N3O2. The van der Waals surface area contributed by atoms with Gasteiger partial charge in [0, 0.05) is 30.4 Å². The molecule has 3 heterocycles. The van der Waals surface area contributed by atoms with Crippen LogP contribution in [0.5, 0.6) is 0 Å². The van der Waals surface area contributed by atoms with Crippen molar-refractivity contribution in [3.8, 4) is 0 Å². The molecular weight excluding hydrogens is 397 g/mol. The van der Waals surface area contributed by atoms with Gasteiger partial charge in [0.25, 0.3) is 5.91 Å². The summed E-state index contributed by atoms with van der Waals surface area (Å²) < 4.78 is 5.53. The van der Waals surface area contributed by atoms with Gasteiger partial charge in [-0.1, -0.05) is 18.2 Å². The molecule has 1 saturated heterocycles. The zero-order chi connectivity index (χ0) is 17.9. The van der Waals surface area contributed by atoms with Crippen LogP contribution in [0.2, 0.25) is 0 Å². The van der Waals surface area contributed by atoms with E-state index in [4.69, 9.17) is 4.42 Å². The van der Waals surface area contributed by atoms with Crippen molar-refractivity contribution < 1.29 is 9.21 Å². The first-order chi connectivity index (χ1) is 12.7. The molecule has 1 fully saturated rings. The topological polar surface area (TPSA) is 57.5 Å². The number of rotatable bonds is 6. The Balaban J connectivity index is 0.00000140. The zero-order valence-electron chi connectivity index (χ0n) is 16.1. The molecule has 0 aliphatic carbocycles. The summed E-state index contributed by atoms with van der Waals surface area (Å²) in [5.74, 6) is 1.02. The third-order valence-electron chi connectivity index (χ3n) is 5.64. The van der Waals surface area contributed by atoms with Gasteiger partial charge in [-0.05, 0) is 62.9 Å². The average Bonchev–Trinajstić information content (AvgIpc) is 3.37. The van der Waals surface area contributed by atoms with Crippen molar-refractivity contribution in [2.45, 2.75) is 38.8 Å². The van der Waals surface area contributed by atoms with Gasteiger partial charge in [0.2, 0.25) is 0 Å². The summed E-state index contributed by atoms with van der Waals surface area (Å²) in [5, 5.41) is 6.39. The number of anilines is 1. The van der Waals surface area contributed by atoms with E-state index in [0.29, 0.717) is 30.8 Å². The fourth-order valence-electron chi connectivity index (χ4n) is 4.14. The van der Waals surface area contributed by atoms with E-state index in [1.807, 2.05) is 6.07 Å². The smallest absolute Gasteiger partial charge is 0.287 e. The maximum Gasteiger partial charge on any atom is 0.287 e. The van der Waals surface area contributed by atoms with Gasteiger partial charge in [-0.2, -0.15) is 0 Å². The molecule has 2 aliphatic rings. The van der Waals surface area contributed by atoms with Crippen LogP contribution < -0.4 is 15.5 Å². The van der Waals surface area contributed by atoms with Gasteiger partial charge in [0.05, 0.1) is 6.26 Å². The number of nitrogens with zero attached hydrogens (tertiary/aromatic N) is 1. The highest BCUT2D eigenvalue weighted by molar-refractivity contribution is 5.93. The lowest BCUT2D eigenvalue weighted by Crippen LogP contribution is -2.31. The number of nitrogens with one attached hydrogen (secondary N) is 2. The Labute approximate surface area is 179 Å². The van der Waals surface area contributed by atoms with E-state index < -0.39 is 0 Å². The van der Waals surface area contributed by atoms with Crippen LogP contribution in [-0.2, 0) is 13.0 Å². The molecule has 2 aromatic rings. The van der Waals surface area contributed by atoms with Crippen molar-refractivity contribution in [1.82, 2.24) is 10.6 Å². The second kappa shape index (κ2) is 10.2. The maximum absolute atomic E-state index is 12.6. The van der Waals surface area contributed by atoms with E-state index in [-0.39, 0.29) is 30.7 Å². The fraction of sp³-hybridized carbons (Fsp3) is 0.476. The molecule has 7 heteroatoms. The SMILES string of the molecule is CC1Cc2ccccc2N1Cc1ccoc1C(=O)NCCC1CCNC1.Cl.Cl. The highest BCUT2D eigenvalue weighted by Crippen LogP contribution is 2.33. The highest BCUT2D eigenvalue weighted by atomic mass is 35.5. The number of fused-ring (bicyclic) bond motifs is 1. The predicted octanol–water partition coefficient (Wildman–Crippen LogP) is 3.80. The van der Waals surface area contributed by atoms with Crippen LogP contribution in [0.4, 0.5) is 5.69 Å². The van der Waals surface area contributed by atoms with E-state index >= 15 is 0 Å². The minimum Gasteiger partial charge on any atom is -0.459 e. The summed E-state index contributed by atoms with van der Waals surface area (Å²) in [5.41, 5.74) is 3.59. The first-order valence-corrected chi connectivity index (χ1v) is 9.62. The Kier molecular flexibility index (Phi) is 8.23. The van der Waals surface area contributed by atoms with Crippen molar-refractivity contribution in [3.63, 3.8) is 0 Å². The van der Waals surface area contributed by atoms with Gasteiger partial charge in [-0.15, -0.1) is 24.8 Å². The number of benzene rings is 1. The molecule has 1 aromatic carbocycles. The van der Waals surface area contributed by atoms with Crippen molar-refractivity contribution >= 4 is 36.4 Å². The van der Waals surface area contributed by atoms with Crippen LogP contribution in [0.1, 0.15) is 41.4 Å². The second-order valence-corrected chi connectivity index (χ2v) is 7.49. The Morgan fingerprint density at radius 3 is 2.89 bits per heavy atom. The molecule has 2 atom stereocenters. The summed E-state index contributed by atoms with van der Waals surface area (Å²) in [6.45, 7) is 5.79. The lowest BCUT2D eigenvalue weighted by molar-refractivity contribution is 0.0922. The van der Waals surface area contributed by atoms with Crippen molar-refractivity contribution in [2.75, 3.05) is 24.5 Å². The van der Waals surface area contributed by atoms with E-state index in [2.05, 4.69) is 46.7 Å². The molecule has 0 radical (unpaired) electrons. The number of halogens is 2. The number of furan rings is 1. The van der Waals surface area contributed by atoms with Gasteiger partial charge < -0.3 is 20.0 Å². The minimum absolute atomic E-state index is 0. The molecule has 0 saturated carbocycles. The van der Waals surface area contributed by atoms with E-state index in [0.717, 1.165) is 31.5 Å². The molecule has 2 N–H and O–H groups in total. The van der Waals surface area contributed by atoms with Crippen LogP contribution in [0, 0.1) is 5.92 Å². The fourth-order valence-corrected chi connectivity index (χ4v) is 4.14. The third kappa shape index (κ3) is 4.83. The van der Waals surface area contributed by atoms with Gasteiger partial charge in [0.15, 0.2) is 5.76 Å². The number of para-hydroxylation sites is 1. The Morgan fingerprint density at radius 1 is 1.29 bits per heavy atom. The number of hydrogen-bond donors (Lipinski definition) is 2. The van der Waals surface area contributed by atoms with E-state index in [1.54, 1.807) is 6.26 Å². The normalized spacial score (nSPS) is 20.2. The molecule has 2 unspecified atom stereocenters. The number of amides is 1. The third-order valence-corrected chi connectivity index (χ3v) is 5.64. The molecule has 1 amide bonds. The van der Waals surface area contributed by atoms with Crippen LogP contribution >= 0.6 is 24.8 Å². The minimum atomic E-state index is -0.101. The molecule has 2 aliphatic heterocycles. The maximum atomic E-state index is 12.6. The van der Waals surface area contributed by atoms with Crippen molar-refractivity contribution in [3.05, 3.63) is 53.5 Å². The van der Waals surface area contributed by atoms with Crippen molar-refractivity contribution in [2.24, 2.45) is 5.92 Å². The summed E-state index contributed by atoms with van der Waals surface area (Å²) in [7, 11) is 0. The molecule has 4 rings (SSSR count).